The van der Waals surface area contributed by atoms with Crippen LogP contribution in [0.1, 0.15) is 61.8 Å². The average molecular weight is 627 g/mol. The predicted molar refractivity (Wildman–Crippen MR) is 169 cm³/mol. The molecule has 0 aromatic heterocycles. The topological polar surface area (TPSA) is 0 Å². The molecule has 0 amide bonds. The van der Waals surface area contributed by atoms with Gasteiger partial charge in [-0.1, -0.05) is 107 Å². The Kier molecular flexibility index (Phi) is 16.5. The summed E-state index contributed by atoms with van der Waals surface area (Å²) >= 11 is 0. The Balaban J connectivity index is 0.000000519. The van der Waals surface area contributed by atoms with Crippen LogP contribution in [0, 0.1) is 13.8 Å². The van der Waals surface area contributed by atoms with Gasteiger partial charge in [-0.25, -0.2) is 0 Å². The first-order valence-electron chi connectivity index (χ1n) is 12.3. The van der Waals surface area contributed by atoms with Crippen molar-refractivity contribution in [3.63, 3.8) is 0 Å². The van der Waals surface area contributed by atoms with Gasteiger partial charge in [0, 0.05) is 0 Å². The molecule has 37 heavy (non-hydrogen) atoms. The molecule has 0 unspecified atom stereocenters. The van der Waals surface area contributed by atoms with Crippen LogP contribution in [0.15, 0.2) is 91.0 Å². The van der Waals surface area contributed by atoms with Crippen molar-refractivity contribution in [2.45, 2.75) is 59.9 Å². The molecule has 0 spiro atoms. The molecular weight excluding hydrogens is 587 g/mol. The molecule has 0 heterocycles. The second-order valence-electron chi connectivity index (χ2n) is 9.69. The summed E-state index contributed by atoms with van der Waals surface area (Å²) in [6.45, 7) is 15.5. The van der Waals surface area contributed by atoms with Crippen LogP contribution in [-0.4, -0.2) is 9.52 Å². The van der Waals surface area contributed by atoms with Gasteiger partial charge in [-0.15, -0.1) is 93.9 Å². The van der Waals surface area contributed by atoms with E-state index in [9.17, 15) is 0 Å². The van der Waals surface area contributed by atoms with Crippen molar-refractivity contribution >= 4 is 61.1 Å². The molecule has 0 atom stereocenters. The van der Waals surface area contributed by atoms with Crippen molar-refractivity contribution in [2.75, 3.05) is 0 Å². The molecule has 0 N–H and O–H groups in total. The van der Waals surface area contributed by atoms with Crippen LogP contribution in [0.25, 0.3) is 21.5 Å². The van der Waals surface area contributed by atoms with Crippen LogP contribution in [0.5, 0.6) is 0 Å². The average Bonchev–Trinajstić information content (AvgIpc) is 3.40. The minimum Gasteiger partial charge on any atom is -0.165 e. The molecule has 0 aliphatic heterocycles. The number of hydrogen-bond donors (Lipinski definition) is 0. The SMILES string of the molecule is C[Si]c1ccccc1.Cc1cc2c(C(C)C)cccc2[cH-]1.Cc1cc2c(C(C)C)cccc2[cH-]1.Cl.Cl.[Zr+2]. The van der Waals surface area contributed by atoms with Gasteiger partial charge in [-0.2, -0.15) is 12.1 Å². The Morgan fingerprint density at radius 1 is 0.595 bits per heavy atom. The number of benzene rings is 3. The largest absolute Gasteiger partial charge is 2.00 e. The first-order chi connectivity index (χ1) is 16.3. The maximum Gasteiger partial charge on any atom is 2.00 e. The van der Waals surface area contributed by atoms with Crippen LogP contribution >= 0.6 is 24.8 Å². The van der Waals surface area contributed by atoms with Crippen molar-refractivity contribution in [3.05, 3.63) is 113 Å². The van der Waals surface area contributed by atoms with Gasteiger partial charge in [0.25, 0.3) is 0 Å². The summed E-state index contributed by atoms with van der Waals surface area (Å²) in [5.74, 6) is 1.23. The minimum atomic E-state index is 0. The second kappa shape index (κ2) is 17.2. The van der Waals surface area contributed by atoms with Gasteiger partial charge < -0.3 is 0 Å². The third-order valence-corrected chi connectivity index (χ3v) is 7.07. The molecule has 0 aliphatic carbocycles. The van der Waals surface area contributed by atoms with Crippen LogP contribution in [0.3, 0.4) is 0 Å². The van der Waals surface area contributed by atoms with Gasteiger partial charge in [0.2, 0.25) is 0 Å². The van der Waals surface area contributed by atoms with Gasteiger partial charge in [0.05, 0.1) is 9.52 Å². The van der Waals surface area contributed by atoms with Crippen molar-refractivity contribution in [2.24, 2.45) is 0 Å². The van der Waals surface area contributed by atoms with Gasteiger partial charge in [0.15, 0.2) is 0 Å². The second-order valence-corrected chi connectivity index (χ2v) is 10.8. The van der Waals surface area contributed by atoms with E-state index in [1.807, 2.05) is 6.07 Å². The fourth-order valence-electron chi connectivity index (χ4n) is 4.43. The molecule has 0 saturated carbocycles. The van der Waals surface area contributed by atoms with E-state index in [-0.39, 0.29) is 51.0 Å². The zero-order valence-corrected chi connectivity index (χ0v) is 28.2. The van der Waals surface area contributed by atoms with Crippen LogP contribution in [-0.2, 0) is 26.2 Å². The maximum absolute atomic E-state index is 2.28. The Hall–Kier alpha value is -1.44. The fourth-order valence-corrected chi connectivity index (χ4v) is 4.96. The van der Waals surface area contributed by atoms with Gasteiger partial charge in [-0.05, 0) is 11.8 Å². The summed E-state index contributed by atoms with van der Waals surface area (Å²) in [7, 11) is 0.930. The van der Waals surface area contributed by atoms with Crippen LogP contribution in [0.4, 0.5) is 0 Å². The molecule has 5 rings (SSSR count). The van der Waals surface area contributed by atoms with Crippen molar-refractivity contribution < 1.29 is 26.2 Å². The molecule has 5 aromatic rings. The molecular formula is C33H40Cl2SiZr. The van der Waals surface area contributed by atoms with Gasteiger partial charge in [-0.3, -0.25) is 0 Å². The molecule has 0 fully saturated rings. The number of hydrogen-bond acceptors (Lipinski definition) is 0. The fraction of sp³-hybridized carbons (Fsp3) is 0.273. The summed E-state index contributed by atoms with van der Waals surface area (Å²) in [6, 6.07) is 32.7. The molecule has 2 radical (unpaired) electrons. The molecule has 194 valence electrons. The van der Waals surface area contributed by atoms with E-state index >= 15 is 0 Å². The summed E-state index contributed by atoms with van der Waals surface area (Å²) in [6.07, 6.45) is 0. The van der Waals surface area contributed by atoms with E-state index in [1.165, 1.54) is 49.0 Å². The summed E-state index contributed by atoms with van der Waals surface area (Å²) < 4.78 is 0. The number of aryl methyl sites for hydroxylation is 2. The Labute approximate surface area is 258 Å². The number of fused-ring (bicyclic) bond motifs is 2. The number of halogens is 2. The quantitative estimate of drug-likeness (QED) is 0.138. The zero-order chi connectivity index (χ0) is 24.7. The van der Waals surface area contributed by atoms with Crippen molar-refractivity contribution in [1.29, 1.82) is 0 Å². The Bertz CT molecular complexity index is 1230. The van der Waals surface area contributed by atoms with E-state index in [0.717, 1.165) is 9.52 Å². The third kappa shape index (κ3) is 9.99. The first kappa shape index (κ1) is 35.6. The van der Waals surface area contributed by atoms with Crippen molar-refractivity contribution in [1.82, 2.24) is 0 Å². The van der Waals surface area contributed by atoms with E-state index in [1.54, 1.807) is 0 Å². The number of rotatable bonds is 3. The molecule has 0 aliphatic rings. The van der Waals surface area contributed by atoms with E-state index < -0.39 is 0 Å². The normalized spacial score (nSPS) is 9.97. The summed E-state index contributed by atoms with van der Waals surface area (Å²) in [5.41, 5.74) is 5.66. The van der Waals surface area contributed by atoms with Crippen molar-refractivity contribution in [3.8, 4) is 0 Å². The molecule has 0 nitrogen and oxygen atoms in total. The summed E-state index contributed by atoms with van der Waals surface area (Å²) in [4.78, 5) is 0. The first-order valence-corrected chi connectivity index (χ1v) is 13.8. The minimum absolute atomic E-state index is 0. The van der Waals surface area contributed by atoms with Gasteiger partial charge >= 0.3 is 26.2 Å². The molecule has 0 saturated heterocycles. The smallest absolute Gasteiger partial charge is 0.165 e. The van der Waals surface area contributed by atoms with Gasteiger partial charge in [0.1, 0.15) is 0 Å². The predicted octanol–water partition coefficient (Wildman–Crippen LogP) is 9.89. The zero-order valence-electron chi connectivity index (χ0n) is 23.1. The Morgan fingerprint density at radius 3 is 1.32 bits per heavy atom. The van der Waals surface area contributed by atoms with Crippen LogP contribution in [0.2, 0.25) is 6.55 Å². The molecule has 4 heteroatoms. The monoisotopic (exact) mass is 624 g/mol. The van der Waals surface area contributed by atoms with E-state index in [0.29, 0.717) is 11.8 Å². The maximum atomic E-state index is 2.28. The Morgan fingerprint density at radius 2 is 1.00 bits per heavy atom. The molecule has 5 aromatic carbocycles. The van der Waals surface area contributed by atoms with E-state index in [2.05, 4.69) is 133 Å². The summed E-state index contributed by atoms with van der Waals surface area (Å²) in [5, 5.41) is 7.05. The standard InChI is InChI=1S/2C13H15.C7H8Si.2ClH.Zr/c2*1-9(2)12-6-4-5-11-7-10(3)8-13(11)12;1-8-7-5-3-2-4-6-7;;;/h2*4-9H,1-3H3;2-6H,1H3;2*1H;/q2*-1;;;;+2. The third-order valence-electron chi connectivity index (χ3n) is 6.16. The molecule has 0 bridgehead atoms. The van der Waals surface area contributed by atoms with Crippen LogP contribution < -0.4 is 5.19 Å². The van der Waals surface area contributed by atoms with E-state index in [4.69, 9.17) is 0 Å².